The zero-order valence-electron chi connectivity index (χ0n) is 13.8. The van der Waals surface area contributed by atoms with Crippen molar-refractivity contribution in [3.63, 3.8) is 0 Å². The Bertz CT molecular complexity index is 602. The molecule has 2 rings (SSSR count). The summed E-state index contributed by atoms with van der Waals surface area (Å²) in [7, 11) is -3.35. The van der Waals surface area contributed by atoms with Crippen LogP contribution in [-0.2, 0) is 16.6 Å². The number of guanidine groups is 1. The van der Waals surface area contributed by atoms with E-state index in [1.54, 1.807) is 0 Å². The van der Waals surface area contributed by atoms with E-state index in [2.05, 4.69) is 15.0 Å². The minimum absolute atomic E-state index is 0. The first-order chi connectivity index (χ1) is 11.1. The average molecular weight is 466 g/mol. The van der Waals surface area contributed by atoms with E-state index in [0.717, 1.165) is 18.4 Å². The lowest BCUT2D eigenvalue weighted by molar-refractivity contribution is 0.412. The summed E-state index contributed by atoms with van der Waals surface area (Å²) in [6.07, 6.45) is 5.91. The molecule has 0 heterocycles. The first-order valence-corrected chi connectivity index (χ1v) is 9.78. The van der Waals surface area contributed by atoms with Crippen molar-refractivity contribution in [2.75, 3.05) is 12.3 Å². The molecule has 0 atom stereocenters. The third-order valence-electron chi connectivity index (χ3n) is 3.94. The predicted octanol–water partition coefficient (Wildman–Crippen LogP) is 1.96. The Hall–Kier alpha value is -0.870. The topological polar surface area (TPSA) is 96.6 Å². The van der Waals surface area contributed by atoms with Crippen LogP contribution in [0.3, 0.4) is 0 Å². The Balaban J connectivity index is 0.00000288. The van der Waals surface area contributed by atoms with Gasteiger partial charge in [-0.25, -0.2) is 13.1 Å². The molecule has 8 heteroatoms. The first-order valence-electron chi connectivity index (χ1n) is 8.13. The molecule has 0 bridgehead atoms. The highest BCUT2D eigenvalue weighted by Crippen LogP contribution is 2.16. The van der Waals surface area contributed by atoms with Crippen molar-refractivity contribution in [3.8, 4) is 0 Å². The number of nitrogens with one attached hydrogen (secondary N) is 2. The molecule has 0 aromatic heterocycles. The number of hydrogen-bond donors (Lipinski definition) is 3. The van der Waals surface area contributed by atoms with Crippen molar-refractivity contribution in [3.05, 3.63) is 35.9 Å². The normalized spacial score (nSPS) is 16.4. The highest BCUT2D eigenvalue weighted by atomic mass is 127. The van der Waals surface area contributed by atoms with E-state index in [-0.39, 0.29) is 36.3 Å². The number of nitrogens with two attached hydrogens (primary N) is 1. The van der Waals surface area contributed by atoms with Crippen molar-refractivity contribution < 1.29 is 8.42 Å². The van der Waals surface area contributed by atoms with E-state index < -0.39 is 10.0 Å². The zero-order chi connectivity index (χ0) is 16.5. The summed E-state index contributed by atoms with van der Waals surface area (Å²) in [5.41, 5.74) is 6.75. The Morgan fingerprint density at radius 2 is 1.83 bits per heavy atom. The summed E-state index contributed by atoms with van der Waals surface area (Å²) in [6, 6.07) is 9.80. The lowest BCUT2D eigenvalue weighted by Gasteiger charge is -2.23. The lowest BCUT2D eigenvalue weighted by atomic mass is 9.96. The second-order valence-electron chi connectivity index (χ2n) is 5.87. The minimum Gasteiger partial charge on any atom is -0.370 e. The number of aliphatic imine (C=N–C) groups is 1. The van der Waals surface area contributed by atoms with Crippen molar-refractivity contribution >= 4 is 40.0 Å². The molecule has 0 unspecified atom stereocenters. The van der Waals surface area contributed by atoms with Gasteiger partial charge in [-0.15, -0.1) is 24.0 Å². The van der Waals surface area contributed by atoms with E-state index in [0.29, 0.717) is 18.5 Å². The van der Waals surface area contributed by atoms with Gasteiger partial charge in [0.05, 0.1) is 12.3 Å². The van der Waals surface area contributed by atoms with Gasteiger partial charge in [-0.2, -0.15) is 0 Å². The van der Waals surface area contributed by atoms with Crippen molar-refractivity contribution in [2.24, 2.45) is 10.7 Å². The largest absolute Gasteiger partial charge is 0.370 e. The molecule has 1 aromatic carbocycles. The number of nitrogens with zero attached hydrogens (tertiary/aromatic N) is 1. The van der Waals surface area contributed by atoms with Gasteiger partial charge in [0, 0.05) is 12.6 Å². The maximum absolute atomic E-state index is 11.9. The van der Waals surface area contributed by atoms with E-state index >= 15 is 0 Å². The van der Waals surface area contributed by atoms with Crippen molar-refractivity contribution in [1.29, 1.82) is 0 Å². The van der Waals surface area contributed by atoms with Crippen LogP contribution in [0.2, 0.25) is 0 Å². The number of rotatable bonds is 7. The van der Waals surface area contributed by atoms with E-state index in [4.69, 9.17) is 5.73 Å². The molecular weight excluding hydrogens is 439 g/mol. The van der Waals surface area contributed by atoms with Crippen molar-refractivity contribution in [2.45, 2.75) is 44.7 Å². The van der Waals surface area contributed by atoms with Crippen LogP contribution in [0.4, 0.5) is 0 Å². The Labute approximate surface area is 161 Å². The van der Waals surface area contributed by atoms with Gasteiger partial charge in [0.2, 0.25) is 10.0 Å². The molecule has 0 amide bonds. The molecule has 1 fully saturated rings. The summed E-state index contributed by atoms with van der Waals surface area (Å²) >= 11 is 0. The van der Waals surface area contributed by atoms with Crippen LogP contribution in [-0.4, -0.2) is 32.7 Å². The van der Waals surface area contributed by atoms with Gasteiger partial charge in [0.1, 0.15) is 0 Å². The standard InChI is InChI=1S/C16H26N4O2S.HI/c17-16(20-15-9-5-2-6-10-15)18-11-12-23(21,22)19-13-14-7-3-1-4-8-14;/h1,3-4,7-8,15,19H,2,5-6,9-13H2,(H3,17,18,20);1H. The summed E-state index contributed by atoms with van der Waals surface area (Å²) in [5, 5.41) is 3.18. The predicted molar refractivity (Wildman–Crippen MR) is 109 cm³/mol. The molecule has 24 heavy (non-hydrogen) atoms. The molecule has 0 radical (unpaired) electrons. The van der Waals surface area contributed by atoms with Crippen molar-refractivity contribution in [1.82, 2.24) is 10.0 Å². The summed E-state index contributed by atoms with van der Waals surface area (Å²) in [4.78, 5) is 4.12. The van der Waals surface area contributed by atoms with E-state index in [1.165, 1.54) is 19.3 Å². The molecule has 0 spiro atoms. The van der Waals surface area contributed by atoms with Gasteiger partial charge >= 0.3 is 0 Å². The number of sulfonamides is 1. The molecule has 136 valence electrons. The zero-order valence-corrected chi connectivity index (χ0v) is 16.9. The minimum atomic E-state index is -3.35. The Morgan fingerprint density at radius 1 is 1.17 bits per heavy atom. The fourth-order valence-corrected chi connectivity index (χ4v) is 3.51. The van der Waals surface area contributed by atoms with E-state index in [9.17, 15) is 8.42 Å². The Kier molecular flexibility index (Phi) is 9.60. The molecule has 1 aliphatic rings. The van der Waals surface area contributed by atoms with Crippen LogP contribution in [0.15, 0.2) is 35.3 Å². The SMILES string of the molecule is I.NC(=NCCS(=O)(=O)NCc1ccccc1)NC1CCCCC1. The molecule has 4 N–H and O–H groups in total. The maximum Gasteiger partial charge on any atom is 0.213 e. The monoisotopic (exact) mass is 466 g/mol. The first kappa shape index (κ1) is 21.2. The summed E-state index contributed by atoms with van der Waals surface area (Å²) < 4.78 is 26.4. The van der Waals surface area contributed by atoms with Crippen LogP contribution in [0.25, 0.3) is 0 Å². The van der Waals surface area contributed by atoms with Crippen LogP contribution in [0.1, 0.15) is 37.7 Å². The number of hydrogen-bond acceptors (Lipinski definition) is 3. The molecule has 0 aliphatic heterocycles. The molecule has 0 saturated heterocycles. The van der Waals surface area contributed by atoms with Crippen LogP contribution in [0.5, 0.6) is 0 Å². The molecule has 1 aliphatic carbocycles. The van der Waals surface area contributed by atoms with E-state index in [1.807, 2.05) is 30.3 Å². The second kappa shape index (κ2) is 10.9. The molecule has 1 aromatic rings. The maximum atomic E-state index is 11.9. The second-order valence-corrected chi connectivity index (χ2v) is 7.80. The molecule has 6 nitrogen and oxygen atoms in total. The van der Waals surface area contributed by atoms with Gasteiger partial charge in [0.25, 0.3) is 0 Å². The van der Waals surface area contributed by atoms with Crippen LogP contribution < -0.4 is 15.8 Å². The van der Waals surface area contributed by atoms with Gasteiger partial charge in [-0.1, -0.05) is 49.6 Å². The lowest BCUT2D eigenvalue weighted by Crippen LogP contribution is -2.41. The van der Waals surface area contributed by atoms with Gasteiger partial charge in [-0.05, 0) is 18.4 Å². The third-order valence-corrected chi connectivity index (χ3v) is 5.24. The smallest absolute Gasteiger partial charge is 0.213 e. The van der Waals surface area contributed by atoms with Crippen LogP contribution in [0, 0.1) is 0 Å². The van der Waals surface area contributed by atoms with Gasteiger partial charge < -0.3 is 11.1 Å². The van der Waals surface area contributed by atoms with Gasteiger partial charge in [-0.3, -0.25) is 4.99 Å². The molecule has 1 saturated carbocycles. The summed E-state index contributed by atoms with van der Waals surface area (Å²) in [6.45, 7) is 0.457. The molecular formula is C16H27IN4O2S. The highest BCUT2D eigenvalue weighted by Gasteiger charge is 2.14. The number of benzene rings is 1. The fraction of sp³-hybridized carbons (Fsp3) is 0.562. The quantitative estimate of drug-likeness (QED) is 0.325. The number of halogens is 1. The highest BCUT2D eigenvalue weighted by molar-refractivity contribution is 14.0. The average Bonchev–Trinajstić information content (AvgIpc) is 2.55. The van der Waals surface area contributed by atoms with Crippen LogP contribution >= 0.6 is 24.0 Å². The Morgan fingerprint density at radius 3 is 2.50 bits per heavy atom. The third kappa shape index (κ3) is 8.29. The fourth-order valence-electron chi connectivity index (χ4n) is 2.65. The van der Waals surface area contributed by atoms with Gasteiger partial charge in [0.15, 0.2) is 5.96 Å². The summed E-state index contributed by atoms with van der Waals surface area (Å²) in [5.74, 6) is 0.280.